The van der Waals surface area contributed by atoms with Crippen molar-refractivity contribution in [3.05, 3.63) is 22.4 Å². The number of carbonyl (C=O) groups excluding carboxylic acids is 3. The number of carbonyl (C=O) groups is 3. The average molecular weight is 350 g/mol. The number of thiophene rings is 1. The van der Waals surface area contributed by atoms with Gasteiger partial charge in [-0.3, -0.25) is 19.9 Å². The molecule has 24 heavy (non-hydrogen) atoms. The van der Waals surface area contributed by atoms with Crippen LogP contribution >= 0.6 is 11.3 Å². The monoisotopic (exact) mass is 350 g/mol. The Balaban J connectivity index is 1.56. The Bertz CT molecular complexity index is 625. The van der Waals surface area contributed by atoms with Crippen molar-refractivity contribution < 1.29 is 14.4 Å². The van der Waals surface area contributed by atoms with Crippen molar-refractivity contribution in [3.8, 4) is 0 Å². The molecule has 4 amide bonds. The van der Waals surface area contributed by atoms with E-state index in [9.17, 15) is 14.4 Å². The van der Waals surface area contributed by atoms with E-state index >= 15 is 0 Å². The number of nitrogens with one attached hydrogen (secondary N) is 2. The molecule has 0 aromatic carbocycles. The van der Waals surface area contributed by atoms with Gasteiger partial charge < -0.3 is 5.32 Å². The molecule has 0 bridgehead atoms. The molecule has 130 valence electrons. The normalized spacial score (nSPS) is 19.8. The Morgan fingerprint density at radius 1 is 1.38 bits per heavy atom. The van der Waals surface area contributed by atoms with Gasteiger partial charge in [-0.1, -0.05) is 25.3 Å². The third-order valence-electron chi connectivity index (χ3n) is 4.52. The second-order valence-corrected chi connectivity index (χ2v) is 7.53. The van der Waals surface area contributed by atoms with E-state index in [-0.39, 0.29) is 18.4 Å². The lowest BCUT2D eigenvalue weighted by Crippen LogP contribution is -2.52. The van der Waals surface area contributed by atoms with Gasteiger partial charge in [-0.25, -0.2) is 4.79 Å². The Morgan fingerprint density at radius 2 is 2.12 bits per heavy atom. The molecule has 2 aliphatic rings. The van der Waals surface area contributed by atoms with Crippen molar-refractivity contribution in [3.63, 3.8) is 0 Å². The van der Waals surface area contributed by atoms with E-state index in [1.54, 1.807) is 11.3 Å². The number of amides is 4. The third-order valence-corrected chi connectivity index (χ3v) is 5.39. The number of hydrazine groups is 1. The summed E-state index contributed by atoms with van der Waals surface area (Å²) in [6.07, 6.45) is 4.18. The van der Waals surface area contributed by atoms with Crippen LogP contribution in [0.3, 0.4) is 0 Å². The Morgan fingerprint density at radius 3 is 2.79 bits per heavy atom. The minimum absolute atomic E-state index is 0.113. The maximum atomic E-state index is 12.6. The maximum Gasteiger partial charge on any atom is 0.344 e. The predicted octanol–water partition coefficient (Wildman–Crippen LogP) is 1.47. The number of likely N-dealkylation sites (N-methyl/N-ethyl adjacent to an activating group) is 1. The fourth-order valence-corrected chi connectivity index (χ4v) is 4.13. The molecule has 1 aromatic heterocycles. The molecule has 2 heterocycles. The molecular weight excluding hydrogens is 328 g/mol. The molecule has 1 saturated heterocycles. The van der Waals surface area contributed by atoms with E-state index in [0.717, 1.165) is 29.1 Å². The summed E-state index contributed by atoms with van der Waals surface area (Å²) in [6, 6.07) is 3.44. The van der Waals surface area contributed by atoms with Crippen LogP contribution in [-0.4, -0.2) is 46.9 Å². The standard InChI is InChI=1S/C16H22N4O3S/c1-19(10-12-6-5-9-24-12)11-13(21)18-20-14(22)16(17-15(20)23)7-3-2-4-8-16/h5-6,9H,2-4,7-8,10-11H2,1H3,(H,17,23)(H,18,21). The largest absolute Gasteiger partial charge is 0.344 e. The molecule has 1 aromatic rings. The molecule has 1 spiro atoms. The van der Waals surface area contributed by atoms with Crippen LogP contribution in [0.2, 0.25) is 0 Å². The summed E-state index contributed by atoms with van der Waals surface area (Å²) < 4.78 is 0. The van der Waals surface area contributed by atoms with Crippen LogP contribution in [0.4, 0.5) is 4.79 Å². The molecular formula is C16H22N4O3S. The highest BCUT2D eigenvalue weighted by atomic mass is 32.1. The summed E-state index contributed by atoms with van der Waals surface area (Å²) in [7, 11) is 1.83. The smallest absolute Gasteiger partial charge is 0.322 e. The molecule has 1 aliphatic carbocycles. The number of nitrogens with zero attached hydrogens (tertiary/aromatic N) is 2. The van der Waals surface area contributed by atoms with Crippen molar-refractivity contribution in [2.75, 3.05) is 13.6 Å². The van der Waals surface area contributed by atoms with Crippen LogP contribution in [0.25, 0.3) is 0 Å². The van der Waals surface area contributed by atoms with Gasteiger partial charge >= 0.3 is 6.03 Å². The Labute approximate surface area is 145 Å². The first-order valence-electron chi connectivity index (χ1n) is 8.17. The number of imide groups is 1. The highest BCUT2D eigenvalue weighted by Crippen LogP contribution is 2.32. The van der Waals surface area contributed by atoms with E-state index in [0.29, 0.717) is 19.4 Å². The van der Waals surface area contributed by atoms with Crippen LogP contribution in [0.1, 0.15) is 37.0 Å². The second kappa shape index (κ2) is 6.90. The SMILES string of the molecule is CN(CC(=O)NN1C(=O)NC2(CCCCC2)C1=O)Cc1cccs1. The predicted molar refractivity (Wildman–Crippen MR) is 90.0 cm³/mol. The molecule has 7 nitrogen and oxygen atoms in total. The van der Waals surface area contributed by atoms with Crippen molar-refractivity contribution in [1.82, 2.24) is 20.7 Å². The fourth-order valence-electron chi connectivity index (χ4n) is 3.35. The average Bonchev–Trinajstić information content (AvgIpc) is 3.11. The quantitative estimate of drug-likeness (QED) is 0.788. The number of rotatable bonds is 5. The van der Waals surface area contributed by atoms with Crippen molar-refractivity contribution >= 4 is 29.2 Å². The first-order valence-corrected chi connectivity index (χ1v) is 9.05. The van der Waals surface area contributed by atoms with Crippen molar-refractivity contribution in [1.29, 1.82) is 0 Å². The van der Waals surface area contributed by atoms with Crippen LogP contribution in [0, 0.1) is 0 Å². The lowest BCUT2D eigenvalue weighted by molar-refractivity contribution is -0.140. The van der Waals surface area contributed by atoms with Gasteiger partial charge in [0, 0.05) is 11.4 Å². The van der Waals surface area contributed by atoms with E-state index < -0.39 is 11.6 Å². The van der Waals surface area contributed by atoms with Crippen LogP contribution in [-0.2, 0) is 16.1 Å². The molecule has 2 fully saturated rings. The zero-order chi connectivity index (χ0) is 17.2. The molecule has 3 rings (SSSR count). The van der Waals surface area contributed by atoms with Crippen LogP contribution in [0.5, 0.6) is 0 Å². The van der Waals surface area contributed by atoms with Gasteiger partial charge in [0.1, 0.15) is 5.54 Å². The van der Waals surface area contributed by atoms with Crippen molar-refractivity contribution in [2.45, 2.75) is 44.2 Å². The van der Waals surface area contributed by atoms with Crippen LogP contribution in [0.15, 0.2) is 17.5 Å². The third kappa shape index (κ3) is 3.44. The van der Waals surface area contributed by atoms with Gasteiger partial charge in [-0.2, -0.15) is 5.01 Å². The molecule has 0 unspecified atom stereocenters. The topological polar surface area (TPSA) is 81.8 Å². The summed E-state index contributed by atoms with van der Waals surface area (Å²) >= 11 is 1.62. The first-order chi connectivity index (χ1) is 11.5. The molecule has 0 radical (unpaired) electrons. The Kier molecular flexibility index (Phi) is 4.86. The minimum atomic E-state index is -0.814. The maximum absolute atomic E-state index is 12.6. The van der Waals surface area contributed by atoms with Gasteiger partial charge in [0.25, 0.3) is 11.8 Å². The first kappa shape index (κ1) is 16.9. The van der Waals surface area contributed by atoms with E-state index in [1.165, 1.54) is 0 Å². The van der Waals surface area contributed by atoms with E-state index in [4.69, 9.17) is 0 Å². The van der Waals surface area contributed by atoms with Gasteiger partial charge in [-0.15, -0.1) is 11.3 Å². The number of hydrogen-bond donors (Lipinski definition) is 2. The zero-order valence-corrected chi connectivity index (χ0v) is 14.5. The number of hydrogen-bond acceptors (Lipinski definition) is 5. The summed E-state index contributed by atoms with van der Waals surface area (Å²) in [5.74, 6) is -0.702. The molecule has 8 heteroatoms. The molecule has 1 saturated carbocycles. The highest BCUT2D eigenvalue weighted by Gasteiger charge is 2.52. The Hall–Kier alpha value is -1.93. The fraction of sp³-hybridized carbons (Fsp3) is 0.562. The summed E-state index contributed by atoms with van der Waals surface area (Å²) in [5, 5.41) is 5.61. The number of urea groups is 1. The zero-order valence-electron chi connectivity index (χ0n) is 13.7. The van der Waals surface area contributed by atoms with E-state index in [1.807, 2.05) is 29.5 Å². The second-order valence-electron chi connectivity index (χ2n) is 6.50. The molecule has 2 N–H and O–H groups in total. The lowest BCUT2D eigenvalue weighted by atomic mass is 9.82. The summed E-state index contributed by atoms with van der Waals surface area (Å²) in [5.41, 5.74) is 1.64. The summed E-state index contributed by atoms with van der Waals surface area (Å²) in [4.78, 5) is 39.9. The van der Waals surface area contributed by atoms with Gasteiger partial charge in [0.2, 0.25) is 0 Å². The van der Waals surface area contributed by atoms with Gasteiger partial charge in [0.15, 0.2) is 0 Å². The highest BCUT2D eigenvalue weighted by molar-refractivity contribution is 7.09. The van der Waals surface area contributed by atoms with Gasteiger partial charge in [0.05, 0.1) is 6.54 Å². The molecule has 0 atom stereocenters. The van der Waals surface area contributed by atoms with E-state index in [2.05, 4.69) is 10.7 Å². The van der Waals surface area contributed by atoms with Gasteiger partial charge in [-0.05, 0) is 31.3 Å². The van der Waals surface area contributed by atoms with Crippen molar-refractivity contribution in [2.24, 2.45) is 0 Å². The minimum Gasteiger partial charge on any atom is -0.322 e. The summed E-state index contributed by atoms with van der Waals surface area (Å²) in [6.45, 7) is 0.761. The van der Waals surface area contributed by atoms with Crippen LogP contribution < -0.4 is 10.7 Å². The molecule has 1 aliphatic heterocycles. The lowest BCUT2D eigenvalue weighted by Gasteiger charge is -2.30.